The van der Waals surface area contributed by atoms with Crippen LogP contribution in [0.1, 0.15) is 61.1 Å². The first-order chi connectivity index (χ1) is 12.1. The molecule has 1 atom stereocenters. The molecule has 0 fully saturated rings. The van der Waals surface area contributed by atoms with Crippen molar-refractivity contribution in [2.24, 2.45) is 0 Å². The van der Waals surface area contributed by atoms with Crippen molar-refractivity contribution >= 4 is 17.3 Å². The monoisotopic (exact) mass is 354 g/mol. The van der Waals surface area contributed by atoms with Gasteiger partial charge in [0.15, 0.2) is 11.6 Å². The number of rotatable bonds is 0. The lowest BCUT2D eigenvalue weighted by Crippen LogP contribution is -2.37. The number of fused-ring (bicyclic) bond motifs is 4. The summed E-state index contributed by atoms with van der Waals surface area (Å²) >= 11 is 0. The van der Waals surface area contributed by atoms with E-state index < -0.39 is 51.3 Å². The Morgan fingerprint density at radius 1 is 0.769 bits per heavy atom. The average Bonchev–Trinajstić information content (AvgIpc) is 2.52. The fourth-order valence-electron chi connectivity index (χ4n) is 3.84. The number of phenols is 3. The Balaban J connectivity index is 2.09. The van der Waals surface area contributed by atoms with Gasteiger partial charge in [-0.3, -0.25) is 14.4 Å². The largest absolute Gasteiger partial charge is 0.507 e. The Labute approximate surface area is 147 Å². The van der Waals surface area contributed by atoms with Gasteiger partial charge in [-0.15, -0.1) is 0 Å². The minimum absolute atomic E-state index is 0.0231. The Morgan fingerprint density at radius 2 is 1.27 bits per heavy atom. The van der Waals surface area contributed by atoms with E-state index in [-0.39, 0.29) is 35.1 Å². The molecule has 2 aliphatic carbocycles. The van der Waals surface area contributed by atoms with Crippen molar-refractivity contribution in [2.75, 3.05) is 0 Å². The normalized spacial score (nSPS) is 21.2. The topological polar surface area (TPSA) is 132 Å². The maximum atomic E-state index is 13.0. The molecule has 2 aromatic rings. The van der Waals surface area contributed by atoms with Gasteiger partial charge in [0.1, 0.15) is 17.2 Å². The number of aromatic hydroxyl groups is 3. The number of carbonyl (C=O) groups excluding carboxylic acids is 3. The molecule has 0 saturated heterocycles. The Morgan fingerprint density at radius 3 is 1.85 bits per heavy atom. The van der Waals surface area contributed by atoms with E-state index in [1.807, 2.05) is 0 Å². The lowest BCUT2D eigenvalue weighted by Gasteiger charge is -2.32. The van der Waals surface area contributed by atoms with Crippen LogP contribution in [0, 0.1) is 0 Å². The SMILES string of the molecule is CC1(O)CC(=O)c2c(cc(O)c3c2C(=O)c2c(O)ccc(O)c2C3=O)C1. The van der Waals surface area contributed by atoms with Gasteiger partial charge in [0.2, 0.25) is 5.78 Å². The van der Waals surface area contributed by atoms with Gasteiger partial charge in [-0.2, -0.15) is 0 Å². The highest BCUT2D eigenvalue weighted by Gasteiger charge is 2.43. The van der Waals surface area contributed by atoms with Crippen molar-refractivity contribution in [3.05, 3.63) is 51.6 Å². The highest BCUT2D eigenvalue weighted by Crippen LogP contribution is 2.44. The fourth-order valence-corrected chi connectivity index (χ4v) is 3.84. The van der Waals surface area contributed by atoms with Crippen LogP contribution in [0.4, 0.5) is 0 Å². The van der Waals surface area contributed by atoms with E-state index >= 15 is 0 Å². The summed E-state index contributed by atoms with van der Waals surface area (Å²) in [7, 11) is 0. The predicted octanol–water partition coefficient (Wildman–Crippen LogP) is 1.46. The van der Waals surface area contributed by atoms with Gasteiger partial charge in [-0.05, 0) is 30.7 Å². The molecular formula is C19H14O7. The van der Waals surface area contributed by atoms with E-state index in [1.54, 1.807) is 0 Å². The maximum Gasteiger partial charge on any atom is 0.202 e. The number of phenolic OH excluding ortho intramolecular Hbond substituents is 3. The van der Waals surface area contributed by atoms with Gasteiger partial charge in [-0.25, -0.2) is 0 Å². The van der Waals surface area contributed by atoms with E-state index in [1.165, 1.54) is 13.0 Å². The van der Waals surface area contributed by atoms with Crippen LogP contribution < -0.4 is 0 Å². The fraction of sp³-hybridized carbons (Fsp3) is 0.211. The molecule has 0 spiro atoms. The molecule has 0 amide bonds. The molecule has 0 bridgehead atoms. The standard InChI is InChI=1S/C19H14O7/c1-19(26)5-7-4-10(22)15-16(12(7)11(23)6-19)18(25)14-9(21)3-2-8(20)13(14)17(15)24/h2-4,20-22,26H,5-6H2,1H3. The van der Waals surface area contributed by atoms with Crippen LogP contribution in [-0.2, 0) is 6.42 Å². The molecule has 0 heterocycles. The summed E-state index contributed by atoms with van der Waals surface area (Å²) in [4.78, 5) is 38.4. The predicted molar refractivity (Wildman–Crippen MR) is 88.0 cm³/mol. The van der Waals surface area contributed by atoms with E-state index in [2.05, 4.69) is 0 Å². The lowest BCUT2D eigenvalue weighted by molar-refractivity contribution is 0.0408. The molecule has 7 nitrogen and oxygen atoms in total. The number of carbonyl (C=O) groups is 3. The third kappa shape index (κ3) is 2.01. The van der Waals surface area contributed by atoms with Crippen LogP contribution in [0.3, 0.4) is 0 Å². The summed E-state index contributed by atoms with van der Waals surface area (Å²) < 4.78 is 0. The minimum Gasteiger partial charge on any atom is -0.507 e. The van der Waals surface area contributed by atoms with Crippen molar-refractivity contribution in [1.82, 2.24) is 0 Å². The number of aliphatic hydroxyl groups is 1. The lowest BCUT2D eigenvalue weighted by atomic mass is 9.73. The quantitative estimate of drug-likeness (QED) is 0.449. The van der Waals surface area contributed by atoms with Crippen molar-refractivity contribution in [3.63, 3.8) is 0 Å². The van der Waals surface area contributed by atoms with Crippen molar-refractivity contribution in [1.29, 1.82) is 0 Å². The molecule has 1 unspecified atom stereocenters. The van der Waals surface area contributed by atoms with Crippen molar-refractivity contribution in [3.8, 4) is 17.2 Å². The smallest absolute Gasteiger partial charge is 0.202 e. The van der Waals surface area contributed by atoms with Crippen molar-refractivity contribution < 1.29 is 34.8 Å². The number of hydrogen-bond donors (Lipinski definition) is 4. The Kier molecular flexibility index (Phi) is 3.08. The molecule has 132 valence electrons. The molecule has 0 saturated carbocycles. The van der Waals surface area contributed by atoms with Crippen LogP contribution >= 0.6 is 0 Å². The van der Waals surface area contributed by atoms with Gasteiger partial charge in [-0.1, -0.05) is 0 Å². The minimum atomic E-state index is -1.33. The van der Waals surface area contributed by atoms with Crippen LogP contribution in [0.15, 0.2) is 18.2 Å². The van der Waals surface area contributed by atoms with Gasteiger partial charge in [0.05, 0.1) is 22.3 Å². The summed E-state index contributed by atoms with van der Waals surface area (Å²) in [5.74, 6) is -3.74. The first-order valence-electron chi connectivity index (χ1n) is 7.91. The molecule has 0 aromatic heterocycles. The molecule has 0 aliphatic heterocycles. The second-order valence-electron chi connectivity index (χ2n) is 6.97. The average molecular weight is 354 g/mol. The first kappa shape index (κ1) is 16.3. The summed E-state index contributed by atoms with van der Waals surface area (Å²) in [6.45, 7) is 1.47. The van der Waals surface area contributed by atoms with E-state index in [0.717, 1.165) is 12.1 Å². The Bertz CT molecular complexity index is 1050. The third-order valence-electron chi connectivity index (χ3n) is 4.85. The van der Waals surface area contributed by atoms with Crippen LogP contribution in [0.2, 0.25) is 0 Å². The maximum absolute atomic E-state index is 13.0. The molecule has 7 heteroatoms. The molecule has 26 heavy (non-hydrogen) atoms. The van der Waals surface area contributed by atoms with Gasteiger partial charge in [0, 0.05) is 24.0 Å². The summed E-state index contributed by atoms with van der Waals surface area (Å²) in [6, 6.07) is 3.34. The van der Waals surface area contributed by atoms with Crippen LogP contribution in [0.5, 0.6) is 17.2 Å². The second-order valence-corrected chi connectivity index (χ2v) is 6.97. The molecule has 4 rings (SSSR count). The highest BCUT2D eigenvalue weighted by molar-refractivity contribution is 6.33. The summed E-state index contributed by atoms with van der Waals surface area (Å²) in [5.41, 5.74) is -2.59. The van der Waals surface area contributed by atoms with Gasteiger partial charge >= 0.3 is 0 Å². The van der Waals surface area contributed by atoms with E-state index in [4.69, 9.17) is 0 Å². The number of Topliss-reactive ketones (excluding diaryl/α,β-unsaturated/α-hetero) is 1. The summed E-state index contributed by atoms with van der Waals surface area (Å²) in [5, 5.41) is 40.6. The van der Waals surface area contributed by atoms with E-state index in [9.17, 15) is 34.8 Å². The second kappa shape index (κ2) is 4.92. The first-order valence-corrected chi connectivity index (χ1v) is 7.91. The number of benzene rings is 2. The zero-order chi connectivity index (χ0) is 19.0. The van der Waals surface area contributed by atoms with Crippen LogP contribution in [-0.4, -0.2) is 43.4 Å². The molecule has 4 N–H and O–H groups in total. The van der Waals surface area contributed by atoms with Gasteiger partial charge in [0.25, 0.3) is 0 Å². The van der Waals surface area contributed by atoms with Crippen LogP contribution in [0.25, 0.3) is 0 Å². The highest BCUT2D eigenvalue weighted by atomic mass is 16.3. The third-order valence-corrected chi connectivity index (χ3v) is 4.85. The zero-order valence-electron chi connectivity index (χ0n) is 13.7. The molecule has 2 aliphatic rings. The summed E-state index contributed by atoms with van der Waals surface area (Å²) in [6.07, 6.45) is -0.215. The number of ketones is 3. The molecule has 2 aromatic carbocycles. The molecular weight excluding hydrogens is 340 g/mol. The van der Waals surface area contributed by atoms with Crippen molar-refractivity contribution in [2.45, 2.75) is 25.4 Å². The van der Waals surface area contributed by atoms with Gasteiger partial charge < -0.3 is 20.4 Å². The Hall–Kier alpha value is -3.19. The molecule has 0 radical (unpaired) electrons. The zero-order valence-corrected chi connectivity index (χ0v) is 13.7. The number of hydrogen-bond acceptors (Lipinski definition) is 7. The van der Waals surface area contributed by atoms with E-state index in [0.29, 0.717) is 0 Å².